The number of carbonyl (C=O) groups excluding carboxylic acids is 2. The van der Waals surface area contributed by atoms with E-state index in [1.54, 1.807) is 4.90 Å². The van der Waals surface area contributed by atoms with Gasteiger partial charge in [0.1, 0.15) is 0 Å². The van der Waals surface area contributed by atoms with E-state index in [0.717, 1.165) is 42.6 Å². The van der Waals surface area contributed by atoms with E-state index in [1.807, 2.05) is 66.4 Å². The number of hydrogen-bond donors (Lipinski definition) is 0. The molecule has 0 unspecified atom stereocenters. The van der Waals surface area contributed by atoms with E-state index in [9.17, 15) is 19.7 Å². The van der Waals surface area contributed by atoms with Gasteiger partial charge in [0, 0.05) is 41.5 Å². The molecule has 2 atom stereocenters. The second-order valence-electron chi connectivity index (χ2n) is 9.90. The Kier molecular flexibility index (Phi) is 8.89. The summed E-state index contributed by atoms with van der Waals surface area (Å²) in [6.07, 6.45) is 6.44. The first-order chi connectivity index (χ1) is 18.4. The number of nitro benzene ring substituents is 1. The molecule has 0 aromatic heterocycles. The number of non-ortho nitro benzene ring substituents is 1. The normalized spacial score (nSPS) is 16.5. The highest BCUT2D eigenvalue weighted by molar-refractivity contribution is 6.07. The molecule has 198 valence electrons. The molecule has 38 heavy (non-hydrogen) atoms. The SMILES string of the molecule is CCCCCCCC(=O)N(c1ccccc1)[C@H]1C[C@H](C)N(C(=O)c2ccc([N+](=O)[O-])cc2)c2ccccc21. The van der Waals surface area contributed by atoms with Crippen molar-refractivity contribution >= 4 is 28.9 Å². The average Bonchev–Trinajstić information content (AvgIpc) is 2.93. The number of rotatable bonds is 10. The molecule has 4 rings (SSSR count). The summed E-state index contributed by atoms with van der Waals surface area (Å²) in [6, 6.07) is 22.8. The van der Waals surface area contributed by atoms with Gasteiger partial charge in [0.2, 0.25) is 5.91 Å². The van der Waals surface area contributed by atoms with Crippen LogP contribution in [0.4, 0.5) is 17.1 Å². The smallest absolute Gasteiger partial charge is 0.269 e. The van der Waals surface area contributed by atoms with Crippen LogP contribution in [0.1, 0.15) is 80.8 Å². The van der Waals surface area contributed by atoms with Crippen molar-refractivity contribution in [2.24, 2.45) is 0 Å². The molecule has 3 aromatic rings. The van der Waals surface area contributed by atoms with Gasteiger partial charge in [-0.05, 0) is 55.7 Å². The second-order valence-corrected chi connectivity index (χ2v) is 9.90. The maximum absolute atomic E-state index is 13.7. The summed E-state index contributed by atoms with van der Waals surface area (Å²) in [4.78, 5) is 41.6. The summed E-state index contributed by atoms with van der Waals surface area (Å²) in [5, 5.41) is 11.1. The number of nitrogens with zero attached hydrogens (tertiary/aromatic N) is 3. The Morgan fingerprint density at radius 3 is 2.26 bits per heavy atom. The molecular weight excluding hydrogens is 478 g/mol. The Hall–Kier alpha value is -4.00. The van der Waals surface area contributed by atoms with Crippen LogP contribution in [0, 0.1) is 10.1 Å². The lowest BCUT2D eigenvalue weighted by Gasteiger charge is -2.43. The molecule has 0 radical (unpaired) electrons. The van der Waals surface area contributed by atoms with Crippen molar-refractivity contribution in [1.82, 2.24) is 0 Å². The van der Waals surface area contributed by atoms with E-state index in [0.29, 0.717) is 18.4 Å². The molecule has 1 aliphatic heterocycles. The third kappa shape index (κ3) is 5.93. The van der Waals surface area contributed by atoms with Crippen molar-refractivity contribution in [1.29, 1.82) is 0 Å². The Morgan fingerprint density at radius 2 is 1.58 bits per heavy atom. The molecule has 3 aromatic carbocycles. The standard InChI is InChI=1S/C31H35N3O4/c1-3-4-5-6-10-17-30(35)33(25-13-8-7-9-14-25)29-22-23(2)32(28-16-12-11-15-27(28)29)31(36)24-18-20-26(21-19-24)34(37)38/h7-9,11-16,18-21,23,29H,3-6,10,17,22H2,1-2H3/t23-,29-/m0/s1. The van der Waals surface area contributed by atoms with Crippen molar-refractivity contribution in [3.05, 3.63) is 100 Å². The topological polar surface area (TPSA) is 83.8 Å². The van der Waals surface area contributed by atoms with Crippen molar-refractivity contribution < 1.29 is 14.5 Å². The number of carbonyl (C=O) groups is 2. The third-order valence-corrected chi connectivity index (χ3v) is 7.21. The lowest BCUT2D eigenvalue weighted by atomic mass is 9.89. The Balaban J connectivity index is 1.66. The average molecular weight is 514 g/mol. The van der Waals surface area contributed by atoms with Crippen molar-refractivity contribution in [2.45, 2.75) is 70.9 Å². The first-order valence-corrected chi connectivity index (χ1v) is 13.5. The lowest BCUT2D eigenvalue weighted by Crippen LogP contribution is -2.47. The summed E-state index contributed by atoms with van der Waals surface area (Å²) in [5.41, 5.74) is 2.87. The molecule has 1 heterocycles. The van der Waals surface area contributed by atoms with Crippen LogP contribution in [0.25, 0.3) is 0 Å². The summed E-state index contributed by atoms with van der Waals surface area (Å²) < 4.78 is 0. The first-order valence-electron chi connectivity index (χ1n) is 13.5. The molecule has 0 fully saturated rings. The largest absolute Gasteiger partial charge is 0.305 e. The third-order valence-electron chi connectivity index (χ3n) is 7.21. The molecular formula is C31H35N3O4. The summed E-state index contributed by atoms with van der Waals surface area (Å²) >= 11 is 0. The minimum Gasteiger partial charge on any atom is -0.305 e. The summed E-state index contributed by atoms with van der Waals surface area (Å²) in [6.45, 7) is 4.17. The zero-order valence-electron chi connectivity index (χ0n) is 22.1. The van der Waals surface area contributed by atoms with Crippen LogP contribution < -0.4 is 9.80 Å². The predicted molar refractivity (Wildman–Crippen MR) is 150 cm³/mol. The quantitative estimate of drug-likeness (QED) is 0.160. The Labute approximate surface area is 224 Å². The van der Waals surface area contributed by atoms with Gasteiger partial charge >= 0.3 is 0 Å². The fourth-order valence-corrected chi connectivity index (χ4v) is 5.29. The van der Waals surface area contributed by atoms with Gasteiger partial charge in [0.25, 0.3) is 11.6 Å². The van der Waals surface area contributed by atoms with Gasteiger partial charge in [-0.25, -0.2) is 0 Å². The highest BCUT2D eigenvalue weighted by Gasteiger charge is 2.38. The first kappa shape index (κ1) is 27.0. The summed E-state index contributed by atoms with van der Waals surface area (Å²) in [5.74, 6) is -0.123. The van der Waals surface area contributed by atoms with Gasteiger partial charge in [-0.3, -0.25) is 19.7 Å². The van der Waals surface area contributed by atoms with Crippen LogP contribution in [-0.2, 0) is 4.79 Å². The molecule has 0 N–H and O–H groups in total. The van der Waals surface area contributed by atoms with Crippen LogP contribution in [0.3, 0.4) is 0 Å². The van der Waals surface area contributed by atoms with E-state index >= 15 is 0 Å². The number of para-hydroxylation sites is 2. The summed E-state index contributed by atoms with van der Waals surface area (Å²) in [7, 11) is 0. The van der Waals surface area contributed by atoms with Crippen molar-refractivity contribution in [3.63, 3.8) is 0 Å². The molecule has 0 spiro atoms. The highest BCUT2D eigenvalue weighted by Crippen LogP contribution is 2.43. The number of amides is 2. The van der Waals surface area contributed by atoms with Crippen LogP contribution >= 0.6 is 0 Å². The van der Waals surface area contributed by atoms with Gasteiger partial charge in [-0.2, -0.15) is 0 Å². The lowest BCUT2D eigenvalue weighted by molar-refractivity contribution is -0.384. The molecule has 0 saturated heterocycles. The maximum atomic E-state index is 13.7. The van der Waals surface area contributed by atoms with E-state index < -0.39 is 4.92 Å². The van der Waals surface area contributed by atoms with Crippen LogP contribution in [0.15, 0.2) is 78.9 Å². The molecule has 7 heteroatoms. The minimum absolute atomic E-state index is 0.0552. The highest BCUT2D eigenvalue weighted by atomic mass is 16.6. The number of benzene rings is 3. The minimum atomic E-state index is -0.476. The molecule has 1 aliphatic rings. The van der Waals surface area contributed by atoms with Gasteiger partial charge in [-0.15, -0.1) is 0 Å². The molecule has 0 aliphatic carbocycles. The van der Waals surface area contributed by atoms with Gasteiger partial charge in [0.05, 0.1) is 11.0 Å². The molecule has 0 saturated carbocycles. The fraction of sp³-hybridized carbons (Fsp3) is 0.355. The van der Waals surface area contributed by atoms with Gasteiger partial charge in [0.15, 0.2) is 0 Å². The van der Waals surface area contributed by atoms with Crippen molar-refractivity contribution in [2.75, 3.05) is 9.80 Å². The Morgan fingerprint density at radius 1 is 0.921 bits per heavy atom. The fourth-order valence-electron chi connectivity index (χ4n) is 5.29. The molecule has 2 amide bonds. The monoisotopic (exact) mass is 513 g/mol. The van der Waals surface area contributed by atoms with Crippen molar-refractivity contribution in [3.8, 4) is 0 Å². The zero-order chi connectivity index (χ0) is 27.1. The number of nitro groups is 1. The van der Waals surface area contributed by atoms with E-state index in [4.69, 9.17) is 0 Å². The second kappa shape index (κ2) is 12.5. The van der Waals surface area contributed by atoms with Crippen LogP contribution in [0.2, 0.25) is 0 Å². The van der Waals surface area contributed by atoms with Gasteiger partial charge in [-0.1, -0.05) is 69.0 Å². The number of hydrogen-bond acceptors (Lipinski definition) is 4. The molecule has 7 nitrogen and oxygen atoms in total. The van der Waals surface area contributed by atoms with E-state index in [2.05, 4.69) is 6.92 Å². The number of anilines is 2. The van der Waals surface area contributed by atoms with Gasteiger partial charge < -0.3 is 9.80 Å². The van der Waals surface area contributed by atoms with Crippen LogP contribution in [0.5, 0.6) is 0 Å². The molecule has 0 bridgehead atoms. The zero-order valence-corrected chi connectivity index (χ0v) is 22.1. The Bertz CT molecular complexity index is 1260. The maximum Gasteiger partial charge on any atom is 0.269 e. The predicted octanol–water partition coefficient (Wildman–Crippen LogP) is 7.47. The number of unbranched alkanes of at least 4 members (excludes halogenated alkanes) is 4. The van der Waals surface area contributed by atoms with E-state index in [-0.39, 0.29) is 29.6 Å². The van der Waals surface area contributed by atoms with E-state index in [1.165, 1.54) is 30.7 Å². The number of fused-ring (bicyclic) bond motifs is 1. The van der Waals surface area contributed by atoms with Crippen LogP contribution in [-0.4, -0.2) is 22.8 Å².